The number of amides is 1. The Kier molecular flexibility index (Phi) is 4.13. The molecule has 96 valence electrons. The topological polar surface area (TPSA) is 51.0 Å². The van der Waals surface area contributed by atoms with Crippen molar-refractivity contribution < 1.29 is 4.79 Å². The zero-order valence-corrected chi connectivity index (χ0v) is 12.5. The molecule has 18 heavy (non-hydrogen) atoms. The largest absolute Gasteiger partial charge is 0.291 e. The number of aromatic nitrogens is 3. The van der Waals surface area contributed by atoms with Crippen LogP contribution in [0.15, 0.2) is 22.2 Å². The quantitative estimate of drug-likeness (QED) is 0.865. The number of thiazole rings is 1. The van der Waals surface area contributed by atoms with Crippen molar-refractivity contribution in [1.29, 1.82) is 0 Å². The number of carbonyl (C=O) groups is 1. The van der Waals surface area contributed by atoms with Crippen molar-refractivity contribution in [2.45, 2.75) is 19.9 Å². The van der Waals surface area contributed by atoms with E-state index in [2.05, 4.69) is 26.0 Å². The van der Waals surface area contributed by atoms with Crippen LogP contribution in [0.5, 0.6) is 0 Å². The maximum atomic E-state index is 12.0. The lowest BCUT2D eigenvalue weighted by atomic mass is 10.3. The molecule has 2 heterocycles. The Bertz CT molecular complexity index is 551. The molecule has 2 rings (SSSR count). The highest BCUT2D eigenvalue weighted by molar-refractivity contribution is 9.11. The van der Waals surface area contributed by atoms with Crippen LogP contribution in [0.2, 0.25) is 0 Å². The summed E-state index contributed by atoms with van der Waals surface area (Å²) >= 11 is 4.76. The first-order valence-electron chi connectivity index (χ1n) is 5.50. The van der Waals surface area contributed by atoms with Gasteiger partial charge < -0.3 is 0 Å². The number of hydrogen-bond acceptors (Lipinski definition) is 4. The molecule has 0 spiro atoms. The highest BCUT2D eigenvalue weighted by atomic mass is 79.9. The van der Waals surface area contributed by atoms with E-state index in [1.807, 2.05) is 23.9 Å². The molecule has 0 bridgehead atoms. The van der Waals surface area contributed by atoms with Gasteiger partial charge in [0.25, 0.3) is 0 Å². The Morgan fingerprint density at radius 3 is 2.94 bits per heavy atom. The second-order valence-electron chi connectivity index (χ2n) is 3.74. The van der Waals surface area contributed by atoms with Gasteiger partial charge in [0.1, 0.15) is 0 Å². The van der Waals surface area contributed by atoms with Gasteiger partial charge in [-0.15, -0.1) is 0 Å². The van der Waals surface area contributed by atoms with E-state index in [9.17, 15) is 4.79 Å². The Morgan fingerprint density at radius 2 is 2.39 bits per heavy atom. The van der Waals surface area contributed by atoms with E-state index in [4.69, 9.17) is 0 Å². The molecule has 0 aliphatic rings. The number of hydrogen-bond donors (Lipinski definition) is 0. The first-order valence-corrected chi connectivity index (χ1v) is 7.11. The number of likely N-dealkylation sites (N-methyl/N-ethyl adjacent to an activating group) is 1. The molecule has 7 heteroatoms. The Hall–Kier alpha value is -1.21. The fourth-order valence-electron chi connectivity index (χ4n) is 1.46. The lowest BCUT2D eigenvalue weighted by molar-refractivity contribution is -0.117. The minimum atomic E-state index is -0.0156. The van der Waals surface area contributed by atoms with E-state index in [1.165, 1.54) is 11.3 Å². The van der Waals surface area contributed by atoms with E-state index in [0.29, 0.717) is 11.6 Å². The molecular formula is C11H13BrN4OS. The van der Waals surface area contributed by atoms with Crippen molar-refractivity contribution in [2.24, 2.45) is 0 Å². The van der Waals surface area contributed by atoms with Crippen LogP contribution < -0.4 is 4.90 Å². The minimum absolute atomic E-state index is 0.0156. The molecule has 0 fully saturated rings. The molecular weight excluding hydrogens is 316 g/mol. The summed E-state index contributed by atoms with van der Waals surface area (Å²) in [5.74, 6) is -0.0156. The second-order valence-corrected chi connectivity index (χ2v) is 6.13. The molecule has 0 radical (unpaired) electrons. The van der Waals surface area contributed by atoms with Gasteiger partial charge in [-0.3, -0.25) is 14.4 Å². The van der Waals surface area contributed by atoms with Crippen molar-refractivity contribution in [3.63, 3.8) is 0 Å². The molecule has 2 aromatic rings. The smallest absolute Gasteiger partial charge is 0.234 e. The third kappa shape index (κ3) is 2.97. The van der Waals surface area contributed by atoms with Crippen LogP contribution in [0.1, 0.15) is 12.6 Å². The Balaban J connectivity index is 2.03. The van der Waals surface area contributed by atoms with Crippen LogP contribution in [0.3, 0.4) is 0 Å². The molecule has 0 atom stereocenters. The molecule has 2 aromatic heterocycles. The SMILES string of the molecule is CCn1ccc(CC(=O)N(C)c2ncc(Br)s2)n1. The maximum Gasteiger partial charge on any atom is 0.234 e. The Labute approximate surface area is 118 Å². The predicted molar refractivity (Wildman–Crippen MR) is 74.8 cm³/mol. The van der Waals surface area contributed by atoms with Crippen molar-refractivity contribution in [3.8, 4) is 0 Å². The van der Waals surface area contributed by atoms with Gasteiger partial charge in [-0.05, 0) is 28.9 Å². The number of nitrogens with zero attached hydrogens (tertiary/aromatic N) is 4. The van der Waals surface area contributed by atoms with Crippen LogP contribution in [0, 0.1) is 0 Å². The van der Waals surface area contributed by atoms with Gasteiger partial charge in [0.15, 0.2) is 5.13 Å². The molecule has 0 aliphatic carbocycles. The average Bonchev–Trinajstić information content (AvgIpc) is 2.97. The molecule has 0 N–H and O–H groups in total. The number of anilines is 1. The molecule has 0 saturated carbocycles. The van der Waals surface area contributed by atoms with E-state index in [1.54, 1.807) is 18.1 Å². The van der Waals surface area contributed by atoms with Gasteiger partial charge in [0, 0.05) is 19.8 Å². The fraction of sp³-hybridized carbons (Fsp3) is 0.364. The normalized spacial score (nSPS) is 10.6. The monoisotopic (exact) mass is 328 g/mol. The molecule has 1 amide bonds. The first-order chi connectivity index (χ1) is 8.60. The van der Waals surface area contributed by atoms with Gasteiger partial charge in [0.2, 0.25) is 5.91 Å². The lowest BCUT2D eigenvalue weighted by Gasteiger charge is -2.12. The van der Waals surface area contributed by atoms with Crippen molar-refractivity contribution in [3.05, 3.63) is 27.9 Å². The van der Waals surface area contributed by atoms with Gasteiger partial charge in [-0.25, -0.2) is 4.98 Å². The van der Waals surface area contributed by atoms with Crippen LogP contribution >= 0.6 is 27.3 Å². The van der Waals surface area contributed by atoms with E-state index < -0.39 is 0 Å². The van der Waals surface area contributed by atoms with E-state index in [0.717, 1.165) is 16.0 Å². The molecule has 0 unspecified atom stereocenters. The summed E-state index contributed by atoms with van der Waals surface area (Å²) in [7, 11) is 1.73. The highest BCUT2D eigenvalue weighted by Gasteiger charge is 2.15. The molecule has 5 nitrogen and oxygen atoms in total. The van der Waals surface area contributed by atoms with E-state index in [-0.39, 0.29) is 5.91 Å². The maximum absolute atomic E-state index is 12.0. The van der Waals surface area contributed by atoms with E-state index >= 15 is 0 Å². The highest BCUT2D eigenvalue weighted by Crippen LogP contribution is 2.26. The zero-order chi connectivity index (χ0) is 13.1. The Morgan fingerprint density at radius 1 is 1.61 bits per heavy atom. The van der Waals surface area contributed by atoms with Gasteiger partial charge in [-0.1, -0.05) is 11.3 Å². The summed E-state index contributed by atoms with van der Waals surface area (Å²) in [6.45, 7) is 2.82. The second kappa shape index (κ2) is 5.62. The van der Waals surface area contributed by atoms with Gasteiger partial charge >= 0.3 is 0 Å². The third-order valence-electron chi connectivity index (χ3n) is 2.48. The number of rotatable bonds is 4. The van der Waals surface area contributed by atoms with Crippen molar-refractivity contribution in [1.82, 2.24) is 14.8 Å². The summed E-state index contributed by atoms with van der Waals surface area (Å²) in [4.78, 5) is 17.8. The lowest BCUT2D eigenvalue weighted by Crippen LogP contribution is -2.27. The standard InChI is InChI=1S/C11H13BrN4OS/c1-3-16-5-4-8(14-16)6-10(17)15(2)11-13-7-9(12)18-11/h4-5,7H,3,6H2,1-2H3. The number of aryl methyl sites for hydroxylation is 1. The summed E-state index contributed by atoms with van der Waals surface area (Å²) in [6, 6.07) is 1.87. The third-order valence-corrected chi connectivity index (χ3v) is 4.03. The van der Waals surface area contributed by atoms with Crippen molar-refractivity contribution >= 4 is 38.3 Å². The fourth-order valence-corrected chi connectivity index (χ4v) is 2.62. The zero-order valence-electron chi connectivity index (χ0n) is 10.1. The van der Waals surface area contributed by atoms with Gasteiger partial charge in [0.05, 0.1) is 22.1 Å². The van der Waals surface area contributed by atoms with Crippen LogP contribution in [0.4, 0.5) is 5.13 Å². The predicted octanol–water partition coefficient (Wildman–Crippen LogP) is 2.33. The summed E-state index contributed by atoms with van der Waals surface area (Å²) in [6.07, 6.45) is 3.86. The minimum Gasteiger partial charge on any atom is -0.291 e. The summed E-state index contributed by atoms with van der Waals surface area (Å²) in [5.41, 5.74) is 0.782. The van der Waals surface area contributed by atoms with Crippen LogP contribution in [-0.2, 0) is 17.8 Å². The van der Waals surface area contributed by atoms with Crippen molar-refractivity contribution in [2.75, 3.05) is 11.9 Å². The first kappa shape index (κ1) is 13.2. The molecule has 0 aromatic carbocycles. The summed E-state index contributed by atoms with van der Waals surface area (Å²) in [5, 5.41) is 4.98. The number of carbonyl (C=O) groups excluding carboxylic acids is 1. The number of halogens is 1. The average molecular weight is 329 g/mol. The van der Waals surface area contributed by atoms with Gasteiger partial charge in [-0.2, -0.15) is 5.10 Å². The van der Waals surface area contributed by atoms with Crippen LogP contribution in [-0.4, -0.2) is 27.7 Å². The molecule has 0 saturated heterocycles. The molecule has 0 aliphatic heterocycles. The van der Waals surface area contributed by atoms with Crippen LogP contribution in [0.25, 0.3) is 0 Å². The summed E-state index contributed by atoms with van der Waals surface area (Å²) < 4.78 is 2.72.